The molecular weight excluding hydrogens is 216 g/mol. The Hall–Kier alpha value is -1.32. The second-order valence-electron chi connectivity index (χ2n) is 2.23. The molecule has 2 nitrogen and oxygen atoms in total. The van der Waals surface area contributed by atoms with Crippen LogP contribution >= 0.6 is 15.9 Å². The average molecular weight is 221 g/mol. The molecule has 0 radical (unpaired) electrons. The van der Waals surface area contributed by atoms with Gasteiger partial charge in [0.15, 0.2) is 0 Å². The first-order chi connectivity index (χ1) is 5.77. The van der Waals surface area contributed by atoms with Crippen LogP contribution in [0.2, 0.25) is 0 Å². The number of nitriles is 2. The third-order valence-electron chi connectivity index (χ3n) is 1.45. The highest BCUT2D eigenvalue weighted by Crippen LogP contribution is 2.21. The third-order valence-corrected chi connectivity index (χ3v) is 2.18. The number of nitrogens with zero attached hydrogens (tertiary/aromatic N) is 2. The van der Waals surface area contributed by atoms with Gasteiger partial charge < -0.3 is 0 Å². The second kappa shape index (κ2) is 3.90. The minimum absolute atomic E-state index is 0.287. The third kappa shape index (κ3) is 1.84. The molecule has 0 amide bonds. The van der Waals surface area contributed by atoms with E-state index in [-0.39, 0.29) is 4.83 Å². The molecule has 12 heavy (non-hydrogen) atoms. The van der Waals surface area contributed by atoms with E-state index in [9.17, 15) is 0 Å². The summed E-state index contributed by atoms with van der Waals surface area (Å²) in [6, 6.07) is 11.0. The molecule has 1 rings (SSSR count). The van der Waals surface area contributed by atoms with Crippen LogP contribution < -0.4 is 0 Å². The highest BCUT2D eigenvalue weighted by Gasteiger charge is 2.03. The van der Waals surface area contributed by atoms with E-state index in [1.54, 1.807) is 24.3 Å². The van der Waals surface area contributed by atoms with Gasteiger partial charge in [0.25, 0.3) is 0 Å². The molecule has 1 atom stereocenters. The number of alkyl halides is 1. The molecule has 0 fully saturated rings. The van der Waals surface area contributed by atoms with Crippen LogP contribution in [0.4, 0.5) is 0 Å². The molecule has 0 saturated heterocycles. The molecule has 1 aromatic rings. The van der Waals surface area contributed by atoms with Crippen LogP contribution in [0, 0.1) is 22.7 Å². The molecule has 0 bridgehead atoms. The summed E-state index contributed by atoms with van der Waals surface area (Å²) in [7, 11) is 0. The van der Waals surface area contributed by atoms with Gasteiger partial charge in [0, 0.05) is 0 Å². The molecule has 0 N–H and O–H groups in total. The van der Waals surface area contributed by atoms with Crippen molar-refractivity contribution in [3.05, 3.63) is 35.4 Å². The van der Waals surface area contributed by atoms with Crippen molar-refractivity contribution < 1.29 is 0 Å². The van der Waals surface area contributed by atoms with Crippen molar-refractivity contribution in [2.24, 2.45) is 0 Å². The van der Waals surface area contributed by atoms with E-state index in [2.05, 4.69) is 22.0 Å². The molecule has 0 aliphatic carbocycles. The first kappa shape index (κ1) is 8.77. The van der Waals surface area contributed by atoms with Crippen LogP contribution in [0.1, 0.15) is 16.0 Å². The zero-order valence-corrected chi connectivity index (χ0v) is 7.75. The van der Waals surface area contributed by atoms with Gasteiger partial charge in [-0.05, 0) is 17.7 Å². The van der Waals surface area contributed by atoms with E-state index in [4.69, 9.17) is 10.5 Å². The summed E-state index contributed by atoms with van der Waals surface area (Å²) in [6.07, 6.45) is 0. The SMILES string of the molecule is N#Cc1ccc(C(Br)C#N)cc1. The lowest BCUT2D eigenvalue weighted by Crippen LogP contribution is -1.85. The minimum atomic E-state index is -0.287. The Balaban J connectivity index is 2.96. The van der Waals surface area contributed by atoms with Gasteiger partial charge in [-0.2, -0.15) is 10.5 Å². The predicted octanol–water partition coefficient (Wildman–Crippen LogP) is 2.52. The predicted molar refractivity (Wildman–Crippen MR) is 48.4 cm³/mol. The Morgan fingerprint density at radius 1 is 1.17 bits per heavy atom. The summed E-state index contributed by atoms with van der Waals surface area (Å²) in [5, 5.41) is 17.1. The lowest BCUT2D eigenvalue weighted by Gasteiger charge is -1.99. The van der Waals surface area contributed by atoms with E-state index >= 15 is 0 Å². The van der Waals surface area contributed by atoms with E-state index in [0.717, 1.165) is 5.56 Å². The number of hydrogen-bond donors (Lipinski definition) is 0. The van der Waals surface area contributed by atoms with Crippen molar-refractivity contribution in [2.45, 2.75) is 4.83 Å². The molecule has 58 valence electrons. The van der Waals surface area contributed by atoms with Crippen molar-refractivity contribution >= 4 is 15.9 Å². The van der Waals surface area contributed by atoms with Gasteiger partial charge in [0.05, 0.1) is 17.7 Å². The summed E-state index contributed by atoms with van der Waals surface area (Å²) in [5.41, 5.74) is 1.48. The van der Waals surface area contributed by atoms with Crippen molar-refractivity contribution in [3.63, 3.8) is 0 Å². The maximum Gasteiger partial charge on any atom is 0.126 e. The summed E-state index contributed by atoms with van der Waals surface area (Å²) in [4.78, 5) is -0.287. The fourth-order valence-electron chi connectivity index (χ4n) is 0.801. The van der Waals surface area contributed by atoms with Crippen LogP contribution in [-0.4, -0.2) is 0 Å². The van der Waals surface area contributed by atoms with E-state index in [1.165, 1.54) is 0 Å². The van der Waals surface area contributed by atoms with Crippen LogP contribution in [0.3, 0.4) is 0 Å². The Bertz CT molecular complexity index is 342. The molecule has 0 saturated carbocycles. The van der Waals surface area contributed by atoms with Crippen LogP contribution in [0.25, 0.3) is 0 Å². The van der Waals surface area contributed by atoms with E-state index in [1.807, 2.05) is 6.07 Å². The monoisotopic (exact) mass is 220 g/mol. The van der Waals surface area contributed by atoms with Crippen LogP contribution in [-0.2, 0) is 0 Å². The van der Waals surface area contributed by atoms with Gasteiger partial charge in [-0.1, -0.05) is 28.1 Å². The number of rotatable bonds is 1. The first-order valence-electron chi connectivity index (χ1n) is 3.31. The van der Waals surface area contributed by atoms with Gasteiger partial charge in [0.2, 0.25) is 0 Å². The Morgan fingerprint density at radius 2 is 1.75 bits per heavy atom. The van der Waals surface area contributed by atoms with Crippen molar-refractivity contribution in [2.75, 3.05) is 0 Å². The zero-order chi connectivity index (χ0) is 8.97. The van der Waals surface area contributed by atoms with Crippen LogP contribution in [0.5, 0.6) is 0 Å². The average Bonchev–Trinajstić information content (AvgIpc) is 2.17. The molecule has 0 aliphatic rings. The smallest absolute Gasteiger partial charge is 0.126 e. The molecule has 1 unspecified atom stereocenters. The molecular formula is C9H5BrN2. The van der Waals surface area contributed by atoms with Crippen molar-refractivity contribution in [1.82, 2.24) is 0 Å². The second-order valence-corrected chi connectivity index (χ2v) is 3.14. The van der Waals surface area contributed by atoms with Gasteiger partial charge >= 0.3 is 0 Å². The maximum atomic E-state index is 8.55. The summed E-state index contributed by atoms with van der Waals surface area (Å²) in [5.74, 6) is 0. The van der Waals surface area contributed by atoms with Crippen LogP contribution in [0.15, 0.2) is 24.3 Å². The topological polar surface area (TPSA) is 47.6 Å². The lowest BCUT2D eigenvalue weighted by atomic mass is 10.1. The molecule has 0 heterocycles. The zero-order valence-electron chi connectivity index (χ0n) is 6.16. The molecule has 1 aromatic carbocycles. The van der Waals surface area contributed by atoms with Gasteiger partial charge in [-0.3, -0.25) is 0 Å². The highest BCUT2D eigenvalue weighted by molar-refractivity contribution is 9.09. The molecule has 0 aromatic heterocycles. The summed E-state index contributed by atoms with van der Waals surface area (Å²) >= 11 is 3.19. The summed E-state index contributed by atoms with van der Waals surface area (Å²) < 4.78 is 0. The Kier molecular flexibility index (Phi) is 2.85. The largest absolute Gasteiger partial charge is 0.197 e. The first-order valence-corrected chi connectivity index (χ1v) is 4.23. The van der Waals surface area contributed by atoms with Crippen molar-refractivity contribution in [1.29, 1.82) is 10.5 Å². The van der Waals surface area contributed by atoms with Gasteiger partial charge in [0.1, 0.15) is 4.83 Å². The van der Waals surface area contributed by atoms with Crippen molar-refractivity contribution in [3.8, 4) is 12.1 Å². The number of hydrogen-bond acceptors (Lipinski definition) is 2. The quantitative estimate of drug-likeness (QED) is 0.684. The Labute approximate surface area is 79.2 Å². The van der Waals surface area contributed by atoms with E-state index < -0.39 is 0 Å². The minimum Gasteiger partial charge on any atom is -0.197 e. The maximum absolute atomic E-state index is 8.55. The molecule has 0 spiro atoms. The fourth-order valence-corrected chi connectivity index (χ4v) is 1.11. The normalized spacial score (nSPS) is 11.2. The van der Waals surface area contributed by atoms with Gasteiger partial charge in [-0.25, -0.2) is 0 Å². The number of halogens is 1. The summed E-state index contributed by atoms with van der Waals surface area (Å²) in [6.45, 7) is 0. The van der Waals surface area contributed by atoms with E-state index in [0.29, 0.717) is 5.56 Å². The highest BCUT2D eigenvalue weighted by atomic mass is 79.9. The van der Waals surface area contributed by atoms with Gasteiger partial charge in [-0.15, -0.1) is 0 Å². The standard InChI is InChI=1S/C9H5BrN2/c10-9(6-12)8-3-1-7(5-11)2-4-8/h1-4,9H. The molecule has 3 heteroatoms. The Morgan fingerprint density at radius 3 is 2.17 bits per heavy atom. The fraction of sp³-hybridized carbons (Fsp3) is 0.111. The lowest BCUT2D eigenvalue weighted by molar-refractivity contribution is 1.24. The molecule has 0 aliphatic heterocycles. The number of benzene rings is 1.